The lowest BCUT2D eigenvalue weighted by molar-refractivity contribution is -0.122. The second-order valence-electron chi connectivity index (χ2n) is 6.87. The van der Waals surface area contributed by atoms with Crippen LogP contribution in [0.25, 0.3) is 0 Å². The van der Waals surface area contributed by atoms with Crippen molar-refractivity contribution in [2.75, 3.05) is 37.0 Å². The molecule has 1 amide bonds. The Bertz CT molecular complexity index is 1000. The maximum absolute atomic E-state index is 13.0. The summed E-state index contributed by atoms with van der Waals surface area (Å²) in [6.07, 6.45) is 2.40. The van der Waals surface area contributed by atoms with Gasteiger partial charge < -0.3 is 14.4 Å². The van der Waals surface area contributed by atoms with Crippen molar-refractivity contribution < 1.29 is 22.7 Å². The number of amides is 1. The average molecular weight is 419 g/mol. The fraction of sp³-hybridized carbons (Fsp3) is 0.381. The van der Waals surface area contributed by atoms with Gasteiger partial charge in [-0.1, -0.05) is 19.1 Å². The topological polar surface area (TPSA) is 84.9 Å². The lowest BCUT2D eigenvalue weighted by Crippen LogP contribution is -2.37. The quantitative estimate of drug-likeness (QED) is 0.747. The molecule has 0 saturated carbocycles. The van der Waals surface area contributed by atoms with Gasteiger partial charge in [0, 0.05) is 19.3 Å². The number of aryl methyl sites for hydroxylation is 2. The van der Waals surface area contributed by atoms with Crippen molar-refractivity contribution in [3.8, 4) is 5.75 Å². The predicted molar refractivity (Wildman–Crippen MR) is 112 cm³/mol. The maximum atomic E-state index is 13.0. The lowest BCUT2D eigenvalue weighted by atomic mass is 10.0. The maximum Gasteiger partial charge on any atom is 0.265 e. The second-order valence-corrected chi connectivity index (χ2v) is 8.52. The number of sulfonamides is 1. The number of carbonyl (C=O) groups excluding carboxylic acids is 1. The summed E-state index contributed by atoms with van der Waals surface area (Å²) in [6, 6.07) is 10.4. The van der Waals surface area contributed by atoms with Crippen molar-refractivity contribution in [1.29, 1.82) is 0 Å². The number of anilines is 2. The molecular weight excluding hydrogens is 392 g/mol. The van der Waals surface area contributed by atoms with Crippen LogP contribution in [0.2, 0.25) is 0 Å². The number of rotatable bonds is 7. The Hall–Kier alpha value is -2.58. The summed E-state index contributed by atoms with van der Waals surface area (Å²) in [4.78, 5) is 14.1. The molecule has 2 aromatic carbocycles. The first kappa shape index (κ1) is 21.1. The van der Waals surface area contributed by atoms with E-state index in [2.05, 4.69) is 4.72 Å². The zero-order valence-corrected chi connectivity index (χ0v) is 17.7. The number of hydrogen-bond acceptors (Lipinski definition) is 5. The number of nitrogens with one attached hydrogen (secondary N) is 1. The molecule has 1 aliphatic heterocycles. The van der Waals surface area contributed by atoms with Gasteiger partial charge in [0.1, 0.15) is 17.3 Å². The first-order chi connectivity index (χ1) is 13.9. The molecule has 2 aromatic rings. The average Bonchev–Trinajstić information content (AvgIpc) is 2.72. The molecule has 0 radical (unpaired) electrons. The number of hydrogen-bond donors (Lipinski definition) is 1. The number of fused-ring (bicyclic) bond motifs is 1. The van der Waals surface area contributed by atoms with Crippen molar-refractivity contribution >= 4 is 27.3 Å². The molecule has 7 nitrogen and oxygen atoms in total. The Morgan fingerprint density at radius 1 is 1.17 bits per heavy atom. The van der Waals surface area contributed by atoms with Crippen LogP contribution in [0.3, 0.4) is 0 Å². The first-order valence-corrected chi connectivity index (χ1v) is 11.0. The molecule has 0 atom stereocenters. The van der Waals surface area contributed by atoms with Crippen molar-refractivity contribution in [2.24, 2.45) is 0 Å². The molecule has 1 aliphatic rings. The van der Waals surface area contributed by atoms with Crippen LogP contribution in [-0.4, -0.2) is 41.7 Å². The highest BCUT2D eigenvalue weighted by atomic mass is 32.2. The summed E-state index contributed by atoms with van der Waals surface area (Å²) in [5, 5.41) is 0. The highest BCUT2D eigenvalue weighted by Gasteiger charge is 2.25. The molecule has 0 unspecified atom stereocenters. The van der Waals surface area contributed by atoms with E-state index in [0.717, 1.165) is 24.0 Å². The molecule has 0 fully saturated rings. The van der Waals surface area contributed by atoms with Crippen LogP contribution in [0.15, 0.2) is 41.3 Å². The monoisotopic (exact) mass is 418 g/mol. The highest BCUT2D eigenvalue weighted by molar-refractivity contribution is 7.92. The Morgan fingerprint density at radius 2 is 1.97 bits per heavy atom. The largest absolute Gasteiger partial charge is 0.495 e. The van der Waals surface area contributed by atoms with Gasteiger partial charge in [0.25, 0.3) is 15.9 Å². The van der Waals surface area contributed by atoms with Crippen LogP contribution in [0.5, 0.6) is 5.75 Å². The molecule has 3 rings (SSSR count). The standard InChI is InChI=1S/C21H26N2O5S/c1-4-15-7-10-19(28-3)20(12-15)29(25,26)22-17-9-8-16-6-5-11-23(18(16)13-17)21(24)14-27-2/h7-10,12-13,22H,4-6,11,14H2,1-3H3. The molecule has 1 heterocycles. The van der Waals surface area contributed by atoms with Crippen molar-refractivity contribution in [3.63, 3.8) is 0 Å². The summed E-state index contributed by atoms with van der Waals surface area (Å²) >= 11 is 0. The smallest absolute Gasteiger partial charge is 0.265 e. The Labute approximate surface area is 171 Å². The van der Waals surface area contributed by atoms with Crippen LogP contribution in [0, 0.1) is 0 Å². The number of nitrogens with zero attached hydrogens (tertiary/aromatic N) is 1. The van der Waals surface area contributed by atoms with Gasteiger partial charge in [-0.15, -0.1) is 0 Å². The molecule has 1 N–H and O–H groups in total. The number of ether oxygens (including phenoxy) is 2. The van der Waals surface area contributed by atoms with Crippen molar-refractivity contribution in [1.82, 2.24) is 0 Å². The fourth-order valence-electron chi connectivity index (χ4n) is 3.46. The second kappa shape index (κ2) is 8.84. The van der Waals surface area contributed by atoms with Crippen molar-refractivity contribution in [3.05, 3.63) is 47.5 Å². The normalized spacial score (nSPS) is 13.7. The molecule has 0 aromatic heterocycles. The van der Waals surface area contributed by atoms with Crippen LogP contribution in [-0.2, 0) is 32.4 Å². The zero-order chi connectivity index (χ0) is 21.0. The third kappa shape index (κ3) is 4.54. The SMILES string of the molecule is CCc1ccc(OC)c(S(=O)(=O)Nc2ccc3c(c2)N(C(=O)COC)CCC3)c1. The van der Waals surface area contributed by atoms with E-state index in [1.54, 1.807) is 29.2 Å². The summed E-state index contributed by atoms with van der Waals surface area (Å²) in [5.74, 6) is 0.135. The molecule has 0 aliphatic carbocycles. The van der Waals surface area contributed by atoms with Gasteiger partial charge in [0.2, 0.25) is 0 Å². The number of benzene rings is 2. The van der Waals surface area contributed by atoms with Gasteiger partial charge in [0.05, 0.1) is 12.8 Å². The molecule has 29 heavy (non-hydrogen) atoms. The minimum Gasteiger partial charge on any atom is -0.495 e. The molecule has 0 saturated heterocycles. The Kier molecular flexibility index (Phi) is 6.44. The van der Waals surface area contributed by atoms with Gasteiger partial charge in [-0.05, 0) is 54.7 Å². The summed E-state index contributed by atoms with van der Waals surface area (Å²) < 4.78 is 38.9. The van der Waals surface area contributed by atoms with Gasteiger partial charge >= 0.3 is 0 Å². The predicted octanol–water partition coefficient (Wildman–Crippen LogP) is 2.98. The van der Waals surface area contributed by atoms with E-state index in [-0.39, 0.29) is 23.2 Å². The summed E-state index contributed by atoms with van der Waals surface area (Å²) in [6.45, 7) is 2.52. The van der Waals surface area contributed by atoms with Crippen LogP contribution < -0.4 is 14.4 Å². The lowest BCUT2D eigenvalue weighted by Gasteiger charge is -2.30. The molecule has 156 valence electrons. The van der Waals surface area contributed by atoms with E-state index in [4.69, 9.17) is 9.47 Å². The Balaban J connectivity index is 1.95. The van der Waals surface area contributed by atoms with Gasteiger partial charge in [-0.2, -0.15) is 0 Å². The van der Waals surface area contributed by atoms with Crippen LogP contribution in [0.1, 0.15) is 24.5 Å². The van der Waals surface area contributed by atoms with E-state index in [1.165, 1.54) is 14.2 Å². The van der Waals surface area contributed by atoms with Gasteiger partial charge in [-0.25, -0.2) is 8.42 Å². The van der Waals surface area contributed by atoms with Crippen molar-refractivity contribution in [2.45, 2.75) is 31.1 Å². The van der Waals surface area contributed by atoms with E-state index in [9.17, 15) is 13.2 Å². The molecule has 0 bridgehead atoms. The minimum absolute atomic E-state index is 0.0175. The third-order valence-corrected chi connectivity index (χ3v) is 6.35. The van der Waals surface area contributed by atoms with Crippen LogP contribution in [0.4, 0.5) is 11.4 Å². The summed E-state index contributed by atoms with van der Waals surface area (Å²) in [5.41, 5.74) is 3.01. The molecular formula is C21H26N2O5S. The van der Waals surface area contributed by atoms with E-state index < -0.39 is 10.0 Å². The van der Waals surface area contributed by atoms with Gasteiger partial charge in [0.15, 0.2) is 0 Å². The third-order valence-electron chi connectivity index (χ3n) is 4.95. The van der Waals surface area contributed by atoms with E-state index >= 15 is 0 Å². The number of carbonyl (C=O) groups is 1. The molecule has 8 heteroatoms. The highest BCUT2D eigenvalue weighted by Crippen LogP contribution is 2.32. The fourth-order valence-corrected chi connectivity index (χ4v) is 4.73. The number of methoxy groups -OCH3 is 2. The van der Waals surface area contributed by atoms with E-state index in [1.807, 2.05) is 19.1 Å². The van der Waals surface area contributed by atoms with E-state index in [0.29, 0.717) is 24.3 Å². The van der Waals surface area contributed by atoms with Crippen LogP contribution >= 0.6 is 0 Å². The summed E-state index contributed by atoms with van der Waals surface area (Å²) in [7, 11) is -0.946. The minimum atomic E-state index is -3.87. The Morgan fingerprint density at radius 3 is 2.66 bits per heavy atom. The molecule has 0 spiro atoms. The first-order valence-electron chi connectivity index (χ1n) is 9.51. The van der Waals surface area contributed by atoms with Gasteiger partial charge in [-0.3, -0.25) is 9.52 Å². The zero-order valence-electron chi connectivity index (χ0n) is 16.9.